The minimum atomic E-state index is -0.748. The zero-order chi connectivity index (χ0) is 11.5. The molecule has 0 aliphatic carbocycles. The van der Waals surface area contributed by atoms with Crippen molar-refractivity contribution in [3.63, 3.8) is 0 Å². The minimum Gasteiger partial charge on any atom is -0.341 e. The van der Waals surface area contributed by atoms with Gasteiger partial charge in [0.05, 0.1) is 0 Å². The fourth-order valence-electron chi connectivity index (χ4n) is 1.80. The van der Waals surface area contributed by atoms with Crippen molar-refractivity contribution >= 4 is 29.2 Å². The van der Waals surface area contributed by atoms with Crippen molar-refractivity contribution in [2.24, 2.45) is 0 Å². The van der Waals surface area contributed by atoms with E-state index in [9.17, 15) is 4.39 Å². The molecule has 3 nitrogen and oxygen atoms in total. The highest BCUT2D eigenvalue weighted by Gasteiger charge is 2.17. The largest absolute Gasteiger partial charge is 0.341 e. The second kappa shape index (κ2) is 5.15. The van der Waals surface area contributed by atoms with Crippen LogP contribution in [0.2, 0.25) is 10.3 Å². The van der Waals surface area contributed by atoms with Crippen molar-refractivity contribution < 1.29 is 4.39 Å². The van der Waals surface area contributed by atoms with Crippen LogP contribution in [0, 0.1) is 5.82 Å². The molecule has 0 amide bonds. The number of hydrogen-bond donors (Lipinski definition) is 0. The monoisotopic (exact) mass is 263 g/mol. The number of rotatable bonds is 1. The summed E-state index contributed by atoms with van der Waals surface area (Å²) in [5, 5.41) is -0.418. The normalized spacial score (nSPS) is 17.3. The summed E-state index contributed by atoms with van der Waals surface area (Å²) >= 11 is 11.3. The Kier molecular flexibility index (Phi) is 3.82. The standard InChI is InChI=1S/C10H12Cl2FN3/c11-8-7(13)9(12)15-10(14-8)16-5-3-1-2-4-6-16/h1-6H2. The summed E-state index contributed by atoms with van der Waals surface area (Å²) in [6.45, 7) is 1.75. The second-order valence-corrected chi connectivity index (χ2v) is 4.54. The lowest BCUT2D eigenvalue weighted by molar-refractivity contribution is 0.611. The fourth-order valence-corrected chi connectivity index (χ4v) is 2.17. The zero-order valence-corrected chi connectivity index (χ0v) is 10.2. The van der Waals surface area contributed by atoms with Gasteiger partial charge in [0, 0.05) is 13.1 Å². The van der Waals surface area contributed by atoms with Crippen molar-refractivity contribution in [1.29, 1.82) is 0 Å². The summed E-state index contributed by atoms with van der Waals surface area (Å²) in [5.74, 6) is -0.319. The predicted octanol–water partition coefficient (Wildman–Crippen LogP) is 3.30. The molecule has 2 rings (SSSR count). The molecule has 1 aliphatic heterocycles. The van der Waals surface area contributed by atoms with Crippen molar-refractivity contribution in [1.82, 2.24) is 9.97 Å². The van der Waals surface area contributed by atoms with E-state index in [0.717, 1.165) is 25.9 Å². The molecule has 88 valence electrons. The minimum absolute atomic E-state index is 0.209. The van der Waals surface area contributed by atoms with Gasteiger partial charge in [-0.2, -0.15) is 9.97 Å². The molecule has 1 aromatic heterocycles. The average molecular weight is 264 g/mol. The summed E-state index contributed by atoms with van der Waals surface area (Å²) < 4.78 is 13.2. The van der Waals surface area contributed by atoms with Crippen LogP contribution in [0.3, 0.4) is 0 Å². The molecule has 6 heteroatoms. The van der Waals surface area contributed by atoms with E-state index in [1.54, 1.807) is 0 Å². The van der Waals surface area contributed by atoms with E-state index >= 15 is 0 Å². The average Bonchev–Trinajstić information content (AvgIpc) is 2.53. The molecule has 0 radical (unpaired) electrons. The number of halogens is 3. The first-order valence-electron chi connectivity index (χ1n) is 5.32. The van der Waals surface area contributed by atoms with E-state index < -0.39 is 5.82 Å². The molecule has 1 aromatic rings. The Bertz CT molecular complexity index is 355. The van der Waals surface area contributed by atoms with E-state index in [-0.39, 0.29) is 10.3 Å². The lowest BCUT2D eigenvalue weighted by Gasteiger charge is -2.20. The third kappa shape index (κ3) is 2.55. The van der Waals surface area contributed by atoms with Gasteiger partial charge in [-0.05, 0) is 12.8 Å². The lowest BCUT2D eigenvalue weighted by Crippen LogP contribution is -2.26. The fraction of sp³-hybridized carbons (Fsp3) is 0.600. The van der Waals surface area contributed by atoms with Crippen LogP contribution < -0.4 is 4.90 Å². The highest BCUT2D eigenvalue weighted by Crippen LogP contribution is 2.23. The highest BCUT2D eigenvalue weighted by atomic mass is 35.5. The Morgan fingerprint density at radius 1 is 0.938 bits per heavy atom. The van der Waals surface area contributed by atoms with Gasteiger partial charge < -0.3 is 4.90 Å². The molecule has 0 N–H and O–H groups in total. The van der Waals surface area contributed by atoms with Crippen molar-refractivity contribution in [3.05, 3.63) is 16.1 Å². The smallest absolute Gasteiger partial charge is 0.228 e. The molecule has 1 fully saturated rings. The van der Waals surface area contributed by atoms with Gasteiger partial charge >= 0.3 is 0 Å². The Morgan fingerprint density at radius 2 is 1.44 bits per heavy atom. The second-order valence-electron chi connectivity index (χ2n) is 3.82. The van der Waals surface area contributed by atoms with Crippen LogP contribution in [0.4, 0.5) is 10.3 Å². The topological polar surface area (TPSA) is 29.0 Å². The number of nitrogens with zero attached hydrogens (tertiary/aromatic N) is 3. The molecule has 0 aromatic carbocycles. The first-order valence-corrected chi connectivity index (χ1v) is 6.07. The molecule has 1 saturated heterocycles. The molecule has 1 aliphatic rings. The molecule has 0 spiro atoms. The molecule has 0 saturated carbocycles. The van der Waals surface area contributed by atoms with Crippen LogP contribution in [0.25, 0.3) is 0 Å². The van der Waals surface area contributed by atoms with Gasteiger partial charge in [-0.25, -0.2) is 4.39 Å². The zero-order valence-electron chi connectivity index (χ0n) is 8.72. The Labute approximate surface area is 104 Å². The van der Waals surface area contributed by atoms with Gasteiger partial charge in [0.2, 0.25) is 5.95 Å². The third-order valence-electron chi connectivity index (χ3n) is 2.65. The molecular formula is C10H12Cl2FN3. The van der Waals surface area contributed by atoms with Gasteiger partial charge in [0.25, 0.3) is 0 Å². The summed E-state index contributed by atoms with van der Waals surface area (Å²) in [7, 11) is 0. The van der Waals surface area contributed by atoms with Gasteiger partial charge in [-0.3, -0.25) is 0 Å². The van der Waals surface area contributed by atoms with Crippen LogP contribution >= 0.6 is 23.2 Å². The first-order chi connectivity index (χ1) is 7.68. The van der Waals surface area contributed by atoms with Crippen molar-refractivity contribution in [2.45, 2.75) is 25.7 Å². The number of hydrogen-bond acceptors (Lipinski definition) is 3. The van der Waals surface area contributed by atoms with Gasteiger partial charge in [-0.1, -0.05) is 36.0 Å². The van der Waals surface area contributed by atoms with Gasteiger partial charge in [0.15, 0.2) is 16.1 Å². The maximum atomic E-state index is 13.2. The molecule has 0 unspecified atom stereocenters. The Hall–Kier alpha value is -0.610. The molecule has 0 bridgehead atoms. The molecule has 2 heterocycles. The summed E-state index contributed by atoms with van der Waals surface area (Å²) in [6.07, 6.45) is 4.60. The molecule has 0 atom stereocenters. The number of anilines is 1. The highest BCUT2D eigenvalue weighted by molar-refractivity contribution is 6.33. The summed E-state index contributed by atoms with van der Waals surface area (Å²) in [4.78, 5) is 9.84. The van der Waals surface area contributed by atoms with E-state index in [1.165, 1.54) is 12.8 Å². The summed E-state index contributed by atoms with van der Waals surface area (Å²) in [6, 6.07) is 0. The SMILES string of the molecule is Fc1c(Cl)nc(N2CCCCCC2)nc1Cl. The first kappa shape index (κ1) is 11.9. The van der Waals surface area contributed by atoms with Gasteiger partial charge in [-0.15, -0.1) is 0 Å². The van der Waals surface area contributed by atoms with Crippen LogP contribution in [0.15, 0.2) is 0 Å². The van der Waals surface area contributed by atoms with E-state index in [2.05, 4.69) is 9.97 Å². The molecular weight excluding hydrogens is 252 g/mol. The van der Waals surface area contributed by atoms with Crippen LogP contribution in [0.5, 0.6) is 0 Å². The predicted molar refractivity (Wildman–Crippen MR) is 62.7 cm³/mol. The van der Waals surface area contributed by atoms with E-state index in [4.69, 9.17) is 23.2 Å². The van der Waals surface area contributed by atoms with Crippen LogP contribution in [-0.2, 0) is 0 Å². The van der Waals surface area contributed by atoms with Crippen LogP contribution in [-0.4, -0.2) is 23.1 Å². The van der Waals surface area contributed by atoms with Gasteiger partial charge in [0.1, 0.15) is 0 Å². The lowest BCUT2D eigenvalue weighted by atomic mass is 10.2. The van der Waals surface area contributed by atoms with E-state index in [1.807, 2.05) is 4.90 Å². The quantitative estimate of drug-likeness (QED) is 0.729. The molecule has 16 heavy (non-hydrogen) atoms. The Balaban J connectivity index is 2.25. The van der Waals surface area contributed by atoms with Crippen molar-refractivity contribution in [3.8, 4) is 0 Å². The van der Waals surface area contributed by atoms with Crippen molar-refractivity contribution in [2.75, 3.05) is 18.0 Å². The maximum Gasteiger partial charge on any atom is 0.228 e. The van der Waals surface area contributed by atoms with E-state index in [0.29, 0.717) is 5.95 Å². The summed E-state index contributed by atoms with van der Waals surface area (Å²) in [5.41, 5.74) is 0. The Morgan fingerprint density at radius 3 is 1.94 bits per heavy atom. The maximum absolute atomic E-state index is 13.2. The van der Waals surface area contributed by atoms with Crippen LogP contribution in [0.1, 0.15) is 25.7 Å². The number of aromatic nitrogens is 2. The third-order valence-corrected chi connectivity index (χ3v) is 3.15.